The highest BCUT2D eigenvalue weighted by molar-refractivity contribution is 6.42. The van der Waals surface area contributed by atoms with E-state index in [-0.39, 0.29) is 12.4 Å². The van der Waals surface area contributed by atoms with Gasteiger partial charge in [0.25, 0.3) is 0 Å². The van der Waals surface area contributed by atoms with Crippen molar-refractivity contribution in [1.82, 2.24) is 0 Å². The average Bonchev–Trinajstić information content (AvgIpc) is 2.74. The molecule has 30 heavy (non-hydrogen) atoms. The van der Waals surface area contributed by atoms with Crippen molar-refractivity contribution in [2.24, 2.45) is 10.9 Å². The van der Waals surface area contributed by atoms with Gasteiger partial charge in [0.05, 0.1) is 10.0 Å². The van der Waals surface area contributed by atoms with Crippen LogP contribution in [0, 0.1) is 5.92 Å². The minimum Gasteiger partial charge on any atom is -0.460 e. The number of aliphatic imine (C=N–C) groups is 1. The van der Waals surface area contributed by atoms with Gasteiger partial charge in [-0.2, -0.15) is 0 Å². The molecule has 0 spiro atoms. The maximum Gasteiger partial charge on any atom is 0.315 e. The van der Waals surface area contributed by atoms with Gasteiger partial charge in [-0.05, 0) is 37.0 Å². The Labute approximate surface area is 185 Å². The van der Waals surface area contributed by atoms with Crippen LogP contribution in [0.5, 0.6) is 0 Å². The summed E-state index contributed by atoms with van der Waals surface area (Å²) >= 11 is 12.8. The summed E-state index contributed by atoms with van der Waals surface area (Å²) in [5.74, 6) is -1.70. The van der Waals surface area contributed by atoms with Crippen LogP contribution in [0.4, 0.5) is 0 Å². The molecule has 1 heterocycles. The summed E-state index contributed by atoms with van der Waals surface area (Å²) < 4.78 is 5.65. The zero-order chi connectivity index (χ0) is 21.3. The van der Waals surface area contributed by atoms with Gasteiger partial charge in [0.2, 0.25) is 0 Å². The first kappa shape index (κ1) is 20.8. The van der Waals surface area contributed by atoms with Crippen LogP contribution in [0.15, 0.2) is 64.8 Å². The highest BCUT2D eigenvalue weighted by Crippen LogP contribution is 2.46. The Morgan fingerprint density at radius 3 is 2.63 bits per heavy atom. The molecule has 0 N–H and O–H groups in total. The van der Waals surface area contributed by atoms with E-state index >= 15 is 0 Å². The van der Waals surface area contributed by atoms with Crippen molar-refractivity contribution in [2.45, 2.75) is 38.7 Å². The molecule has 2 atom stereocenters. The fourth-order valence-electron chi connectivity index (χ4n) is 4.23. The largest absolute Gasteiger partial charge is 0.460 e. The topological polar surface area (TPSA) is 55.7 Å². The number of carbonyl (C=O) groups is 2. The van der Waals surface area contributed by atoms with Gasteiger partial charge < -0.3 is 4.74 Å². The van der Waals surface area contributed by atoms with E-state index in [4.69, 9.17) is 27.9 Å². The van der Waals surface area contributed by atoms with Crippen LogP contribution in [0.3, 0.4) is 0 Å². The summed E-state index contributed by atoms with van der Waals surface area (Å²) in [5.41, 5.74) is 3.49. The summed E-state index contributed by atoms with van der Waals surface area (Å²) in [6, 6.07) is 14.8. The maximum absolute atomic E-state index is 13.2. The summed E-state index contributed by atoms with van der Waals surface area (Å²) in [6.07, 6.45) is 1.90. The number of hydrogen-bond donors (Lipinski definition) is 0. The van der Waals surface area contributed by atoms with E-state index in [9.17, 15) is 9.59 Å². The third-order valence-corrected chi connectivity index (χ3v) is 6.46. The van der Waals surface area contributed by atoms with Gasteiger partial charge in [-0.1, -0.05) is 65.7 Å². The van der Waals surface area contributed by atoms with E-state index in [1.165, 1.54) is 0 Å². The molecule has 0 radical (unpaired) electrons. The molecule has 1 aliphatic carbocycles. The van der Waals surface area contributed by atoms with Crippen molar-refractivity contribution in [3.8, 4) is 0 Å². The molecule has 0 amide bonds. The van der Waals surface area contributed by atoms with Crippen LogP contribution in [0.25, 0.3) is 0 Å². The van der Waals surface area contributed by atoms with Crippen LogP contribution in [0.1, 0.15) is 43.2 Å². The number of benzene rings is 2. The lowest BCUT2D eigenvalue weighted by Gasteiger charge is -2.35. The SMILES string of the molecule is CC1=NC2=C(C(=O)CCC2)[C@@H](c2cccc(Cl)c2Cl)C1C(=O)OCc1ccccc1. The lowest BCUT2D eigenvalue weighted by molar-refractivity contribution is -0.148. The standard InChI is InChI=1S/C24H21Cl2NO3/c1-14-20(24(29)30-13-15-7-3-2-4-8-15)21(16-9-5-10-17(25)23(16)26)22-18(27-14)11-6-12-19(22)28/h2-5,7-10,20-21H,6,11-13H2,1H3/t20?,21-/m0/s1. The number of Topliss-reactive ketones (excluding diaryl/α,β-unsaturated/α-hetero) is 1. The second-order valence-corrected chi connectivity index (χ2v) is 8.37. The van der Waals surface area contributed by atoms with Crippen molar-refractivity contribution in [2.75, 3.05) is 0 Å². The minimum absolute atomic E-state index is 0.00871. The predicted octanol–water partition coefficient (Wildman–Crippen LogP) is 5.92. The molecule has 2 aromatic carbocycles. The summed E-state index contributed by atoms with van der Waals surface area (Å²) in [7, 11) is 0. The first-order chi connectivity index (χ1) is 14.5. The quantitative estimate of drug-likeness (QED) is 0.553. The van der Waals surface area contributed by atoms with E-state index in [2.05, 4.69) is 4.99 Å². The van der Waals surface area contributed by atoms with E-state index in [1.807, 2.05) is 43.3 Å². The van der Waals surface area contributed by atoms with Gasteiger partial charge >= 0.3 is 5.97 Å². The monoisotopic (exact) mass is 441 g/mol. The summed E-state index contributed by atoms with van der Waals surface area (Å²) in [4.78, 5) is 30.8. The summed E-state index contributed by atoms with van der Waals surface area (Å²) in [6.45, 7) is 1.96. The smallest absolute Gasteiger partial charge is 0.315 e. The highest BCUT2D eigenvalue weighted by Gasteiger charge is 2.44. The van der Waals surface area contributed by atoms with Crippen LogP contribution in [-0.2, 0) is 20.9 Å². The van der Waals surface area contributed by atoms with Crippen LogP contribution >= 0.6 is 23.2 Å². The maximum atomic E-state index is 13.2. The number of esters is 1. The van der Waals surface area contributed by atoms with Gasteiger partial charge in [-0.25, -0.2) is 0 Å². The molecule has 1 aliphatic heterocycles. The third-order valence-electron chi connectivity index (χ3n) is 5.63. The Hall–Kier alpha value is -2.43. The number of halogens is 2. The second-order valence-electron chi connectivity index (χ2n) is 7.58. The average molecular weight is 442 g/mol. The molecule has 2 aromatic rings. The third kappa shape index (κ3) is 3.94. The molecule has 0 saturated carbocycles. The number of ether oxygens (including phenoxy) is 1. The van der Waals surface area contributed by atoms with Crippen molar-refractivity contribution in [3.05, 3.63) is 81.0 Å². The number of rotatable bonds is 4. The van der Waals surface area contributed by atoms with Gasteiger partial charge in [-0.3, -0.25) is 14.6 Å². The molecule has 0 bridgehead atoms. The molecule has 4 rings (SSSR count). The van der Waals surface area contributed by atoms with E-state index in [0.29, 0.717) is 39.7 Å². The fraction of sp³-hybridized carbons (Fsp3) is 0.292. The number of ketones is 1. The Balaban J connectivity index is 1.74. The molecular weight excluding hydrogens is 421 g/mol. The van der Waals surface area contributed by atoms with Crippen molar-refractivity contribution in [3.63, 3.8) is 0 Å². The molecule has 0 saturated heterocycles. The van der Waals surface area contributed by atoms with Gasteiger partial charge in [0.15, 0.2) is 5.78 Å². The molecule has 154 valence electrons. The molecule has 1 unspecified atom stereocenters. The molecule has 0 aromatic heterocycles. The zero-order valence-electron chi connectivity index (χ0n) is 16.5. The molecule has 0 fully saturated rings. The van der Waals surface area contributed by atoms with Crippen LogP contribution in [0.2, 0.25) is 10.0 Å². The first-order valence-corrected chi connectivity index (χ1v) is 10.7. The number of nitrogens with zero attached hydrogens (tertiary/aromatic N) is 1. The van der Waals surface area contributed by atoms with Crippen molar-refractivity contribution < 1.29 is 14.3 Å². The Bertz CT molecular complexity index is 1060. The lowest BCUT2D eigenvalue weighted by Crippen LogP contribution is -2.37. The number of hydrogen-bond acceptors (Lipinski definition) is 4. The minimum atomic E-state index is -0.731. The Morgan fingerprint density at radius 2 is 1.87 bits per heavy atom. The number of allylic oxidation sites excluding steroid dienone is 2. The summed E-state index contributed by atoms with van der Waals surface area (Å²) in [5, 5.41) is 0.737. The van der Waals surface area contributed by atoms with Gasteiger partial charge in [0.1, 0.15) is 12.5 Å². The molecular formula is C24H21Cl2NO3. The fourth-order valence-corrected chi connectivity index (χ4v) is 4.65. The second kappa shape index (κ2) is 8.75. The predicted molar refractivity (Wildman–Crippen MR) is 118 cm³/mol. The van der Waals surface area contributed by atoms with Gasteiger partial charge in [0, 0.05) is 29.3 Å². The molecule has 2 aliphatic rings. The van der Waals surface area contributed by atoms with E-state index in [1.54, 1.807) is 12.1 Å². The highest BCUT2D eigenvalue weighted by atomic mass is 35.5. The number of carbonyl (C=O) groups excluding carboxylic acids is 2. The lowest BCUT2D eigenvalue weighted by atomic mass is 9.71. The Kier molecular flexibility index (Phi) is 6.07. The van der Waals surface area contributed by atoms with Crippen LogP contribution < -0.4 is 0 Å². The van der Waals surface area contributed by atoms with Crippen molar-refractivity contribution >= 4 is 40.7 Å². The van der Waals surface area contributed by atoms with E-state index in [0.717, 1.165) is 17.7 Å². The molecule has 6 heteroatoms. The normalized spacial score (nSPS) is 21.2. The van der Waals surface area contributed by atoms with E-state index < -0.39 is 17.8 Å². The van der Waals surface area contributed by atoms with Gasteiger partial charge in [-0.15, -0.1) is 0 Å². The zero-order valence-corrected chi connectivity index (χ0v) is 18.0. The van der Waals surface area contributed by atoms with Crippen LogP contribution in [-0.4, -0.2) is 17.5 Å². The molecule has 4 nitrogen and oxygen atoms in total. The Morgan fingerprint density at radius 1 is 1.10 bits per heavy atom. The van der Waals surface area contributed by atoms with Crippen molar-refractivity contribution in [1.29, 1.82) is 0 Å². The first-order valence-electron chi connectivity index (χ1n) is 9.93.